The Hall–Kier alpha value is -1.71. The first kappa shape index (κ1) is 8.87. The van der Waals surface area contributed by atoms with E-state index in [1.54, 1.807) is 12.4 Å². The molecule has 0 aliphatic rings. The minimum atomic E-state index is 0.402. The van der Waals surface area contributed by atoms with E-state index in [0.717, 1.165) is 16.7 Å². The topological polar surface area (TPSA) is 50.7 Å². The van der Waals surface area contributed by atoms with Crippen LogP contribution in [0.4, 0.5) is 5.69 Å². The lowest BCUT2D eigenvalue weighted by Gasteiger charge is -2.09. The molecule has 0 spiro atoms. The summed E-state index contributed by atoms with van der Waals surface area (Å²) in [5.74, 6) is 0. The van der Waals surface area contributed by atoms with Crippen molar-refractivity contribution >= 4 is 16.7 Å². The van der Waals surface area contributed by atoms with E-state index in [2.05, 4.69) is 34.1 Å². The molecule has 0 atom stereocenters. The second-order valence-electron chi connectivity index (χ2n) is 3.46. The predicted molar refractivity (Wildman–Crippen MR) is 56.1 cm³/mol. The molecular weight excluding hydrogens is 176 g/mol. The normalized spacial score (nSPS) is 10.8. The number of nitrogens with zero attached hydrogens (tertiary/aromatic N) is 3. The second-order valence-corrected chi connectivity index (χ2v) is 3.46. The Morgan fingerprint density at radius 2 is 2.07 bits per heavy atom. The van der Waals surface area contributed by atoms with Crippen LogP contribution in [-0.4, -0.2) is 21.0 Å². The highest BCUT2D eigenvalue weighted by Crippen LogP contribution is 2.13. The van der Waals surface area contributed by atoms with Gasteiger partial charge >= 0.3 is 0 Å². The molecule has 0 saturated carbocycles. The molecule has 0 unspecified atom stereocenters. The fraction of sp³-hybridized carbons (Fsp3) is 0.300. The first-order chi connectivity index (χ1) is 6.75. The van der Waals surface area contributed by atoms with Crippen LogP contribution in [0.25, 0.3) is 11.0 Å². The molecule has 0 radical (unpaired) electrons. The smallest absolute Gasteiger partial charge is 0.162 e. The third-order valence-electron chi connectivity index (χ3n) is 1.81. The summed E-state index contributed by atoms with van der Waals surface area (Å²) in [6.07, 6.45) is 5.06. The van der Waals surface area contributed by atoms with Crippen molar-refractivity contribution in [1.29, 1.82) is 0 Å². The van der Waals surface area contributed by atoms with Gasteiger partial charge in [-0.05, 0) is 19.9 Å². The molecule has 2 rings (SSSR count). The van der Waals surface area contributed by atoms with Gasteiger partial charge in [-0.25, -0.2) is 15.0 Å². The van der Waals surface area contributed by atoms with Gasteiger partial charge in [-0.3, -0.25) is 0 Å². The molecular formula is C10H12N4. The number of anilines is 1. The highest BCUT2D eigenvalue weighted by Gasteiger charge is 1.99. The van der Waals surface area contributed by atoms with Crippen LogP contribution in [0.15, 0.2) is 24.8 Å². The summed E-state index contributed by atoms with van der Waals surface area (Å²) in [6.45, 7) is 4.18. The zero-order valence-corrected chi connectivity index (χ0v) is 8.23. The van der Waals surface area contributed by atoms with Crippen LogP contribution in [0.3, 0.4) is 0 Å². The quantitative estimate of drug-likeness (QED) is 0.781. The second kappa shape index (κ2) is 3.57. The van der Waals surface area contributed by atoms with Crippen molar-refractivity contribution in [3.8, 4) is 0 Å². The predicted octanol–water partition coefficient (Wildman–Crippen LogP) is 1.85. The average Bonchev–Trinajstić information content (AvgIpc) is 2.17. The molecule has 1 N–H and O–H groups in total. The number of nitrogens with one attached hydrogen (secondary N) is 1. The summed E-state index contributed by atoms with van der Waals surface area (Å²) in [5, 5.41) is 4.24. The van der Waals surface area contributed by atoms with Crippen LogP contribution >= 0.6 is 0 Å². The van der Waals surface area contributed by atoms with Gasteiger partial charge in [0.25, 0.3) is 0 Å². The number of fused-ring (bicyclic) bond motifs is 1. The van der Waals surface area contributed by atoms with E-state index in [9.17, 15) is 0 Å². The maximum absolute atomic E-state index is 4.22. The Bertz CT molecular complexity index is 439. The molecule has 2 aromatic heterocycles. The Morgan fingerprint density at radius 1 is 1.21 bits per heavy atom. The van der Waals surface area contributed by atoms with Crippen LogP contribution in [0, 0.1) is 0 Å². The van der Waals surface area contributed by atoms with Crippen molar-refractivity contribution in [1.82, 2.24) is 15.0 Å². The fourth-order valence-corrected chi connectivity index (χ4v) is 1.29. The third kappa shape index (κ3) is 1.79. The van der Waals surface area contributed by atoms with Gasteiger partial charge in [0.2, 0.25) is 0 Å². The van der Waals surface area contributed by atoms with E-state index in [1.165, 1.54) is 6.33 Å². The summed E-state index contributed by atoms with van der Waals surface area (Å²) in [5.41, 5.74) is 1.73. The molecule has 0 aliphatic heterocycles. The number of hydrogen-bond acceptors (Lipinski definition) is 4. The molecule has 0 aromatic carbocycles. The van der Waals surface area contributed by atoms with E-state index in [0.29, 0.717) is 6.04 Å². The first-order valence-corrected chi connectivity index (χ1v) is 4.58. The lowest BCUT2D eigenvalue weighted by atomic mass is 10.3. The molecule has 0 fully saturated rings. The summed E-state index contributed by atoms with van der Waals surface area (Å²) in [4.78, 5) is 12.2. The van der Waals surface area contributed by atoms with Crippen LogP contribution in [0.2, 0.25) is 0 Å². The van der Waals surface area contributed by atoms with E-state index in [-0.39, 0.29) is 0 Å². The molecule has 0 saturated heterocycles. The first-order valence-electron chi connectivity index (χ1n) is 4.58. The van der Waals surface area contributed by atoms with Crippen LogP contribution in [-0.2, 0) is 0 Å². The van der Waals surface area contributed by atoms with Crippen molar-refractivity contribution in [2.45, 2.75) is 19.9 Å². The molecule has 2 heterocycles. The lowest BCUT2D eigenvalue weighted by Crippen LogP contribution is -2.09. The summed E-state index contributed by atoms with van der Waals surface area (Å²) >= 11 is 0. The van der Waals surface area contributed by atoms with Crippen molar-refractivity contribution in [3.05, 3.63) is 24.8 Å². The minimum absolute atomic E-state index is 0.402. The lowest BCUT2D eigenvalue weighted by molar-refractivity contribution is 0.898. The fourth-order valence-electron chi connectivity index (χ4n) is 1.29. The van der Waals surface area contributed by atoms with E-state index in [1.807, 2.05) is 6.07 Å². The van der Waals surface area contributed by atoms with Crippen LogP contribution in [0.5, 0.6) is 0 Å². The molecule has 14 heavy (non-hydrogen) atoms. The SMILES string of the molecule is CC(C)Nc1cnc2ncncc2c1. The Kier molecular flexibility index (Phi) is 2.26. The molecule has 0 aliphatic carbocycles. The Balaban J connectivity index is 2.41. The molecule has 4 nitrogen and oxygen atoms in total. The van der Waals surface area contributed by atoms with Gasteiger partial charge in [0.1, 0.15) is 6.33 Å². The van der Waals surface area contributed by atoms with Gasteiger partial charge in [-0.15, -0.1) is 0 Å². The average molecular weight is 188 g/mol. The third-order valence-corrected chi connectivity index (χ3v) is 1.81. The van der Waals surface area contributed by atoms with Crippen molar-refractivity contribution in [2.75, 3.05) is 5.32 Å². The largest absolute Gasteiger partial charge is 0.382 e. The standard InChI is InChI=1S/C10H12N4/c1-7(2)14-9-3-8-4-11-6-13-10(8)12-5-9/h3-7,14H,1-2H3. The number of hydrogen-bond donors (Lipinski definition) is 1. The van der Waals surface area contributed by atoms with Crippen LogP contribution in [0.1, 0.15) is 13.8 Å². The highest BCUT2D eigenvalue weighted by atomic mass is 14.9. The number of aromatic nitrogens is 3. The van der Waals surface area contributed by atoms with Crippen LogP contribution < -0.4 is 5.32 Å². The van der Waals surface area contributed by atoms with Crippen molar-refractivity contribution < 1.29 is 0 Å². The summed E-state index contributed by atoms with van der Waals surface area (Å²) in [7, 11) is 0. The summed E-state index contributed by atoms with van der Waals surface area (Å²) in [6, 6.07) is 2.40. The van der Waals surface area contributed by atoms with Gasteiger partial charge in [0, 0.05) is 17.6 Å². The zero-order valence-electron chi connectivity index (χ0n) is 8.23. The number of pyridine rings is 1. The maximum atomic E-state index is 4.22. The van der Waals surface area contributed by atoms with E-state index >= 15 is 0 Å². The minimum Gasteiger partial charge on any atom is -0.382 e. The number of rotatable bonds is 2. The molecule has 4 heteroatoms. The molecule has 2 aromatic rings. The molecule has 0 amide bonds. The monoisotopic (exact) mass is 188 g/mol. The van der Waals surface area contributed by atoms with Gasteiger partial charge in [0.15, 0.2) is 5.65 Å². The van der Waals surface area contributed by atoms with Gasteiger partial charge in [0.05, 0.1) is 11.9 Å². The molecule has 72 valence electrons. The van der Waals surface area contributed by atoms with Gasteiger partial charge in [-0.2, -0.15) is 0 Å². The van der Waals surface area contributed by atoms with Crippen molar-refractivity contribution in [2.24, 2.45) is 0 Å². The maximum Gasteiger partial charge on any atom is 0.162 e. The van der Waals surface area contributed by atoms with E-state index < -0.39 is 0 Å². The van der Waals surface area contributed by atoms with E-state index in [4.69, 9.17) is 0 Å². The highest BCUT2D eigenvalue weighted by molar-refractivity contribution is 5.76. The van der Waals surface area contributed by atoms with Gasteiger partial charge < -0.3 is 5.32 Å². The summed E-state index contributed by atoms with van der Waals surface area (Å²) < 4.78 is 0. The molecule has 0 bridgehead atoms. The Morgan fingerprint density at radius 3 is 2.86 bits per heavy atom. The van der Waals surface area contributed by atoms with Crippen molar-refractivity contribution in [3.63, 3.8) is 0 Å². The van der Waals surface area contributed by atoms with Gasteiger partial charge in [-0.1, -0.05) is 0 Å². The Labute approximate surface area is 82.4 Å². The zero-order chi connectivity index (χ0) is 9.97.